The number of rotatable bonds is 5. The fourth-order valence-corrected chi connectivity index (χ4v) is 2.57. The maximum atomic E-state index is 13.3. The van der Waals surface area contributed by atoms with Gasteiger partial charge in [-0.15, -0.1) is 0 Å². The first-order valence-electron chi connectivity index (χ1n) is 7.58. The van der Waals surface area contributed by atoms with E-state index in [0.29, 0.717) is 11.5 Å². The molecule has 0 amide bonds. The first kappa shape index (κ1) is 18.4. The molecule has 24 heavy (non-hydrogen) atoms. The monoisotopic (exact) mass is 349 g/mol. The van der Waals surface area contributed by atoms with Crippen molar-refractivity contribution in [2.75, 3.05) is 7.11 Å². The Labute approximate surface area is 147 Å². The van der Waals surface area contributed by atoms with E-state index in [-0.39, 0.29) is 16.5 Å². The molecular weight excluding hydrogens is 329 g/mol. The lowest BCUT2D eigenvalue weighted by molar-refractivity contribution is 0.0207. The van der Waals surface area contributed by atoms with Gasteiger partial charge in [0.1, 0.15) is 23.4 Å². The number of nitrogens with zero attached hydrogens (tertiary/aromatic N) is 1. The van der Waals surface area contributed by atoms with E-state index < -0.39 is 5.82 Å². The number of methoxy groups -OCH3 is 1. The third kappa shape index (κ3) is 4.79. The number of ether oxygens (including phenoxy) is 2. The van der Waals surface area contributed by atoms with Crippen molar-refractivity contribution in [2.24, 2.45) is 5.41 Å². The Kier molecular flexibility index (Phi) is 5.97. The molecule has 1 heterocycles. The van der Waals surface area contributed by atoms with Crippen molar-refractivity contribution in [2.45, 2.75) is 26.9 Å². The smallest absolute Gasteiger partial charge is 0.145 e. The van der Waals surface area contributed by atoms with Gasteiger partial charge in [-0.05, 0) is 41.3 Å². The van der Waals surface area contributed by atoms with Crippen molar-refractivity contribution in [3.63, 3.8) is 0 Å². The zero-order chi connectivity index (χ0) is 17.7. The van der Waals surface area contributed by atoms with Gasteiger partial charge in [0, 0.05) is 19.5 Å². The van der Waals surface area contributed by atoms with E-state index in [1.165, 1.54) is 18.2 Å². The minimum Gasteiger partial charge on any atom is -0.457 e. The quantitative estimate of drug-likeness (QED) is 0.681. The number of benzene rings is 1. The summed E-state index contributed by atoms with van der Waals surface area (Å²) < 4.78 is 24.9. The summed E-state index contributed by atoms with van der Waals surface area (Å²) in [5.74, 6) is 0.537. The number of hydrogen-bond donors (Lipinski definition) is 0. The lowest BCUT2D eigenvalue weighted by atomic mass is 9.87. The molecule has 5 heteroatoms. The molecule has 1 aromatic carbocycles. The van der Waals surface area contributed by atoms with Gasteiger partial charge in [0.25, 0.3) is 0 Å². The van der Waals surface area contributed by atoms with Crippen LogP contribution in [0, 0.1) is 11.2 Å². The van der Waals surface area contributed by atoms with E-state index in [4.69, 9.17) is 21.1 Å². The van der Waals surface area contributed by atoms with Gasteiger partial charge in [-0.3, -0.25) is 4.98 Å². The van der Waals surface area contributed by atoms with Crippen LogP contribution in [0.5, 0.6) is 5.75 Å². The fraction of sp³-hybridized carbons (Fsp3) is 0.316. The maximum Gasteiger partial charge on any atom is 0.145 e. The van der Waals surface area contributed by atoms with E-state index in [9.17, 15) is 4.39 Å². The van der Waals surface area contributed by atoms with Crippen molar-refractivity contribution < 1.29 is 13.9 Å². The van der Waals surface area contributed by atoms with Crippen LogP contribution in [0.3, 0.4) is 0 Å². The maximum absolute atomic E-state index is 13.3. The molecule has 1 unspecified atom stereocenters. The second kappa shape index (κ2) is 7.77. The molecule has 0 aliphatic carbocycles. The van der Waals surface area contributed by atoms with E-state index >= 15 is 0 Å². The zero-order valence-electron chi connectivity index (χ0n) is 14.2. The van der Waals surface area contributed by atoms with Crippen LogP contribution in [0.15, 0.2) is 48.5 Å². The second-order valence-corrected chi connectivity index (χ2v) is 6.90. The fourth-order valence-electron chi connectivity index (χ4n) is 2.37. The molecular formula is C19H21ClFNO2. The Hall–Kier alpha value is -1.91. The van der Waals surface area contributed by atoms with Gasteiger partial charge in [0.2, 0.25) is 0 Å². The number of halogens is 2. The first-order chi connectivity index (χ1) is 11.3. The van der Waals surface area contributed by atoms with Crippen LogP contribution >= 0.6 is 11.6 Å². The Morgan fingerprint density at radius 2 is 2.04 bits per heavy atom. The van der Waals surface area contributed by atoms with Gasteiger partial charge in [0.05, 0.1) is 5.02 Å². The van der Waals surface area contributed by atoms with Crippen LogP contribution in [0.4, 0.5) is 4.39 Å². The minimum atomic E-state index is -0.413. The van der Waals surface area contributed by atoms with Crippen molar-refractivity contribution in [1.29, 1.82) is 0 Å². The molecule has 0 saturated carbocycles. The first-order valence-corrected chi connectivity index (χ1v) is 7.96. The predicted octanol–water partition coefficient (Wildman–Crippen LogP) is 5.36. The molecule has 0 spiro atoms. The molecule has 2 rings (SSSR count). The van der Waals surface area contributed by atoms with Crippen molar-refractivity contribution >= 4 is 17.7 Å². The molecule has 0 fully saturated rings. The average molecular weight is 350 g/mol. The van der Waals surface area contributed by atoms with Gasteiger partial charge in [-0.1, -0.05) is 38.4 Å². The highest BCUT2D eigenvalue weighted by Crippen LogP contribution is 2.33. The summed E-state index contributed by atoms with van der Waals surface area (Å²) in [5.41, 5.74) is 0.659. The lowest BCUT2D eigenvalue weighted by Gasteiger charge is -2.31. The van der Waals surface area contributed by atoms with Gasteiger partial charge in [-0.2, -0.15) is 0 Å². The molecule has 0 aliphatic heterocycles. The van der Waals surface area contributed by atoms with Crippen molar-refractivity contribution in [1.82, 2.24) is 4.98 Å². The highest BCUT2D eigenvalue weighted by Gasteiger charge is 2.30. The summed E-state index contributed by atoms with van der Waals surface area (Å²) >= 11 is 6.09. The third-order valence-electron chi connectivity index (χ3n) is 3.40. The Morgan fingerprint density at radius 1 is 1.29 bits per heavy atom. The second-order valence-electron chi connectivity index (χ2n) is 6.49. The normalized spacial score (nSPS) is 13.7. The molecule has 0 N–H and O–H groups in total. The predicted molar refractivity (Wildman–Crippen MR) is 94.5 cm³/mol. The summed E-state index contributed by atoms with van der Waals surface area (Å²) in [7, 11) is 1.63. The van der Waals surface area contributed by atoms with Crippen molar-refractivity contribution in [3.05, 3.63) is 64.9 Å². The van der Waals surface area contributed by atoms with Crippen LogP contribution in [-0.2, 0) is 4.74 Å². The topological polar surface area (TPSA) is 31.4 Å². The van der Waals surface area contributed by atoms with Crippen LogP contribution in [-0.4, -0.2) is 18.2 Å². The summed E-state index contributed by atoms with van der Waals surface area (Å²) in [6, 6.07) is 7.79. The molecule has 0 bridgehead atoms. The summed E-state index contributed by atoms with van der Waals surface area (Å²) in [4.78, 5) is 4.10. The Bertz CT molecular complexity index is 711. The molecule has 3 nitrogen and oxygen atoms in total. The largest absolute Gasteiger partial charge is 0.457 e. The highest BCUT2D eigenvalue weighted by atomic mass is 35.5. The summed E-state index contributed by atoms with van der Waals surface area (Å²) in [5, 5.41) is 0.204. The number of hydrogen-bond acceptors (Lipinski definition) is 3. The highest BCUT2D eigenvalue weighted by molar-refractivity contribution is 6.32. The van der Waals surface area contributed by atoms with Gasteiger partial charge < -0.3 is 9.47 Å². The zero-order valence-corrected chi connectivity index (χ0v) is 15.0. The van der Waals surface area contributed by atoms with Gasteiger partial charge in [-0.25, -0.2) is 4.39 Å². The Balaban J connectivity index is 2.44. The number of aromatic nitrogens is 1. The van der Waals surface area contributed by atoms with Crippen LogP contribution in [0.25, 0.3) is 6.08 Å². The van der Waals surface area contributed by atoms with E-state index in [2.05, 4.69) is 4.98 Å². The third-order valence-corrected chi connectivity index (χ3v) is 3.69. The molecule has 1 atom stereocenters. The number of pyridine rings is 1. The van der Waals surface area contributed by atoms with Crippen LogP contribution in [0.1, 0.15) is 26.3 Å². The summed E-state index contributed by atoms with van der Waals surface area (Å²) in [6.07, 6.45) is 4.96. The molecule has 0 saturated heterocycles. The molecule has 1 aromatic heterocycles. The van der Waals surface area contributed by atoms with Gasteiger partial charge >= 0.3 is 0 Å². The Morgan fingerprint density at radius 3 is 2.58 bits per heavy atom. The molecule has 2 aromatic rings. The lowest BCUT2D eigenvalue weighted by Crippen LogP contribution is -2.32. The van der Waals surface area contributed by atoms with E-state index in [1.54, 1.807) is 19.5 Å². The summed E-state index contributed by atoms with van der Waals surface area (Å²) in [6.45, 7) is 6.15. The molecule has 0 aliphatic rings. The minimum absolute atomic E-state index is 0.204. The van der Waals surface area contributed by atoms with Crippen LogP contribution in [0.2, 0.25) is 5.02 Å². The van der Waals surface area contributed by atoms with E-state index in [0.717, 1.165) is 5.56 Å². The standard InChI is InChI=1S/C19H21ClFNO2/c1-19(2,3)18(23-4)17(10-13-6-5-9-22-12-13)24-16-8-7-14(21)11-15(16)20/h5-12,18H,1-4H3/b17-10+. The molecule has 0 radical (unpaired) electrons. The van der Waals surface area contributed by atoms with Crippen molar-refractivity contribution in [3.8, 4) is 5.75 Å². The van der Waals surface area contributed by atoms with E-state index in [1.807, 2.05) is 39.0 Å². The van der Waals surface area contributed by atoms with Gasteiger partial charge in [0.15, 0.2) is 0 Å². The SMILES string of the molecule is COC(/C(=C\c1cccnc1)Oc1ccc(F)cc1Cl)C(C)(C)C. The van der Waals surface area contributed by atoms with Crippen LogP contribution < -0.4 is 4.74 Å². The molecule has 128 valence electrons. The average Bonchev–Trinajstić information content (AvgIpc) is 2.50.